The van der Waals surface area contributed by atoms with Crippen molar-refractivity contribution in [2.45, 2.75) is 77.4 Å². The van der Waals surface area contributed by atoms with Crippen LogP contribution in [0.1, 0.15) is 59.3 Å². The molecule has 2 saturated heterocycles. The fourth-order valence-corrected chi connectivity index (χ4v) is 4.34. The first-order valence-electron chi connectivity index (χ1n) is 9.01. The molecule has 3 heteroatoms. The third-order valence-electron chi connectivity index (χ3n) is 5.25. The van der Waals surface area contributed by atoms with Crippen LogP contribution in [0.25, 0.3) is 0 Å². The smallest absolute Gasteiger partial charge is 0.0247 e. The van der Waals surface area contributed by atoms with Crippen LogP contribution in [0.3, 0.4) is 0 Å². The van der Waals surface area contributed by atoms with E-state index in [0.717, 1.165) is 18.6 Å². The molecule has 0 aliphatic carbocycles. The van der Waals surface area contributed by atoms with Crippen molar-refractivity contribution in [2.75, 3.05) is 32.7 Å². The molecule has 0 radical (unpaired) electrons. The molecular formula is C17H35N3. The Bertz CT molecular complexity index is 263. The van der Waals surface area contributed by atoms with Gasteiger partial charge in [-0.2, -0.15) is 0 Å². The molecule has 0 saturated carbocycles. The number of likely N-dealkylation sites (N-methyl/N-ethyl adjacent to an activating group) is 1. The molecular weight excluding hydrogens is 246 g/mol. The van der Waals surface area contributed by atoms with Crippen LogP contribution >= 0.6 is 0 Å². The van der Waals surface area contributed by atoms with Gasteiger partial charge < -0.3 is 5.32 Å². The molecule has 0 aromatic rings. The molecule has 0 aromatic carbocycles. The monoisotopic (exact) mass is 281 g/mol. The molecule has 0 aromatic heterocycles. The number of nitrogens with zero attached hydrogens (tertiary/aromatic N) is 2. The van der Waals surface area contributed by atoms with Crippen LogP contribution in [0, 0.1) is 0 Å². The highest BCUT2D eigenvalue weighted by Crippen LogP contribution is 2.24. The summed E-state index contributed by atoms with van der Waals surface area (Å²) in [6.07, 6.45) is 8.09. The van der Waals surface area contributed by atoms with Gasteiger partial charge in [0.05, 0.1) is 0 Å². The van der Waals surface area contributed by atoms with Gasteiger partial charge in [-0.1, -0.05) is 27.2 Å². The third-order valence-corrected chi connectivity index (χ3v) is 5.25. The van der Waals surface area contributed by atoms with E-state index in [1.165, 1.54) is 64.7 Å². The van der Waals surface area contributed by atoms with Crippen LogP contribution in [0.5, 0.6) is 0 Å². The standard InChI is InChI=1S/C17H35N3/c1-4-9-16(18-6-3)17(5-2)20-13-8-12-19-11-7-10-15(19)14-20/h15-18H,4-14H2,1-3H3. The maximum atomic E-state index is 3.76. The molecule has 0 amide bonds. The Kier molecular flexibility index (Phi) is 6.79. The molecule has 3 nitrogen and oxygen atoms in total. The third kappa shape index (κ3) is 3.96. The van der Waals surface area contributed by atoms with E-state index < -0.39 is 0 Å². The molecule has 1 N–H and O–H groups in total. The molecule has 0 spiro atoms. The first kappa shape index (κ1) is 16.3. The molecule has 2 rings (SSSR count). The van der Waals surface area contributed by atoms with E-state index in [1.54, 1.807) is 0 Å². The summed E-state index contributed by atoms with van der Waals surface area (Å²) < 4.78 is 0. The van der Waals surface area contributed by atoms with Crippen molar-refractivity contribution >= 4 is 0 Å². The second-order valence-corrected chi connectivity index (χ2v) is 6.61. The number of rotatable bonds is 7. The van der Waals surface area contributed by atoms with E-state index in [2.05, 4.69) is 35.9 Å². The maximum absolute atomic E-state index is 3.76. The average molecular weight is 281 g/mol. The van der Waals surface area contributed by atoms with Crippen molar-refractivity contribution in [3.05, 3.63) is 0 Å². The second-order valence-electron chi connectivity index (χ2n) is 6.61. The van der Waals surface area contributed by atoms with E-state index >= 15 is 0 Å². The topological polar surface area (TPSA) is 18.5 Å². The minimum Gasteiger partial charge on any atom is -0.313 e. The van der Waals surface area contributed by atoms with Crippen LogP contribution in [0.4, 0.5) is 0 Å². The van der Waals surface area contributed by atoms with Gasteiger partial charge in [-0.05, 0) is 58.3 Å². The summed E-state index contributed by atoms with van der Waals surface area (Å²) in [5, 5.41) is 3.76. The van der Waals surface area contributed by atoms with E-state index in [4.69, 9.17) is 0 Å². The minimum absolute atomic E-state index is 0.683. The van der Waals surface area contributed by atoms with Crippen LogP contribution in [0.15, 0.2) is 0 Å². The predicted molar refractivity (Wildman–Crippen MR) is 87.2 cm³/mol. The SMILES string of the molecule is CCCC(NCC)C(CC)N1CCCN2CCCC2C1. The maximum Gasteiger partial charge on any atom is 0.0247 e. The first-order chi connectivity index (χ1) is 9.80. The van der Waals surface area contributed by atoms with E-state index in [9.17, 15) is 0 Å². The van der Waals surface area contributed by atoms with Crippen LogP contribution in [-0.4, -0.2) is 60.6 Å². The summed E-state index contributed by atoms with van der Waals surface area (Å²) in [5.74, 6) is 0. The van der Waals surface area contributed by atoms with Gasteiger partial charge in [-0.3, -0.25) is 9.80 Å². The lowest BCUT2D eigenvalue weighted by atomic mass is 9.98. The van der Waals surface area contributed by atoms with Crippen LogP contribution < -0.4 is 5.32 Å². The van der Waals surface area contributed by atoms with Crippen molar-refractivity contribution in [3.63, 3.8) is 0 Å². The Morgan fingerprint density at radius 1 is 1.10 bits per heavy atom. The summed E-state index contributed by atoms with van der Waals surface area (Å²) in [6, 6.07) is 2.26. The zero-order chi connectivity index (χ0) is 14.4. The van der Waals surface area contributed by atoms with Gasteiger partial charge in [0.1, 0.15) is 0 Å². The number of hydrogen-bond donors (Lipinski definition) is 1. The highest BCUT2D eigenvalue weighted by molar-refractivity contribution is 4.90. The van der Waals surface area contributed by atoms with Crippen molar-refractivity contribution in [1.82, 2.24) is 15.1 Å². The van der Waals surface area contributed by atoms with Gasteiger partial charge in [0.15, 0.2) is 0 Å². The van der Waals surface area contributed by atoms with Crippen LogP contribution in [0.2, 0.25) is 0 Å². The zero-order valence-electron chi connectivity index (χ0n) is 13.9. The number of hydrogen-bond acceptors (Lipinski definition) is 3. The van der Waals surface area contributed by atoms with Gasteiger partial charge in [-0.15, -0.1) is 0 Å². The van der Waals surface area contributed by atoms with E-state index in [1.807, 2.05) is 0 Å². The zero-order valence-corrected chi connectivity index (χ0v) is 13.9. The van der Waals surface area contributed by atoms with Crippen LogP contribution in [-0.2, 0) is 0 Å². The average Bonchev–Trinajstić information content (AvgIpc) is 2.78. The quantitative estimate of drug-likeness (QED) is 0.774. The first-order valence-corrected chi connectivity index (χ1v) is 9.01. The normalized spacial score (nSPS) is 28.1. The summed E-state index contributed by atoms with van der Waals surface area (Å²) in [7, 11) is 0. The Balaban J connectivity index is 2.00. The van der Waals surface area contributed by atoms with Gasteiger partial charge in [0.2, 0.25) is 0 Å². The van der Waals surface area contributed by atoms with E-state index in [-0.39, 0.29) is 0 Å². The fraction of sp³-hybridized carbons (Fsp3) is 1.00. The van der Waals surface area contributed by atoms with Gasteiger partial charge in [0, 0.05) is 24.7 Å². The number of nitrogens with one attached hydrogen (secondary N) is 1. The highest BCUT2D eigenvalue weighted by atomic mass is 15.3. The van der Waals surface area contributed by atoms with E-state index in [0.29, 0.717) is 6.04 Å². The van der Waals surface area contributed by atoms with Gasteiger partial charge >= 0.3 is 0 Å². The Morgan fingerprint density at radius 3 is 2.60 bits per heavy atom. The fourth-order valence-electron chi connectivity index (χ4n) is 4.34. The van der Waals surface area contributed by atoms with Crippen molar-refractivity contribution in [2.24, 2.45) is 0 Å². The minimum atomic E-state index is 0.683. The summed E-state index contributed by atoms with van der Waals surface area (Å²) >= 11 is 0. The molecule has 2 heterocycles. The van der Waals surface area contributed by atoms with Crippen molar-refractivity contribution in [3.8, 4) is 0 Å². The number of fused-ring (bicyclic) bond motifs is 1. The van der Waals surface area contributed by atoms with Crippen molar-refractivity contribution in [1.29, 1.82) is 0 Å². The predicted octanol–water partition coefficient (Wildman–Crippen LogP) is 2.71. The summed E-state index contributed by atoms with van der Waals surface area (Å²) in [6.45, 7) is 13.3. The molecule has 3 atom stereocenters. The summed E-state index contributed by atoms with van der Waals surface area (Å²) in [5.41, 5.74) is 0. The molecule has 0 bridgehead atoms. The molecule has 20 heavy (non-hydrogen) atoms. The lowest BCUT2D eigenvalue weighted by Crippen LogP contribution is -2.52. The molecule has 3 unspecified atom stereocenters. The Labute approximate surface area is 126 Å². The molecule has 2 aliphatic heterocycles. The van der Waals surface area contributed by atoms with Gasteiger partial charge in [0.25, 0.3) is 0 Å². The molecule has 2 aliphatic rings. The Hall–Kier alpha value is -0.120. The molecule has 118 valence electrons. The largest absolute Gasteiger partial charge is 0.313 e. The Morgan fingerprint density at radius 2 is 1.90 bits per heavy atom. The summed E-state index contributed by atoms with van der Waals surface area (Å²) in [4.78, 5) is 5.56. The van der Waals surface area contributed by atoms with Gasteiger partial charge in [-0.25, -0.2) is 0 Å². The lowest BCUT2D eigenvalue weighted by molar-refractivity contribution is 0.133. The molecule has 2 fully saturated rings. The lowest BCUT2D eigenvalue weighted by Gasteiger charge is -2.38. The second kappa shape index (κ2) is 8.35. The highest BCUT2D eigenvalue weighted by Gasteiger charge is 2.33. The van der Waals surface area contributed by atoms with Crippen molar-refractivity contribution < 1.29 is 0 Å².